The maximum atomic E-state index is 12.1. The van der Waals surface area contributed by atoms with Crippen LogP contribution in [0.15, 0.2) is 46.9 Å². The highest BCUT2D eigenvalue weighted by molar-refractivity contribution is 9.10. The van der Waals surface area contributed by atoms with Crippen LogP contribution < -0.4 is 5.32 Å². The summed E-state index contributed by atoms with van der Waals surface area (Å²) >= 11 is 3.31. The maximum absolute atomic E-state index is 12.1. The fourth-order valence-electron chi connectivity index (χ4n) is 1.87. The van der Waals surface area contributed by atoms with Crippen LogP contribution in [-0.2, 0) is 9.53 Å². The number of phenolic OH excluding ortho intramolecular Hbond substituents is 1. The number of rotatable bonds is 4. The molecule has 6 heteroatoms. The van der Waals surface area contributed by atoms with E-state index in [2.05, 4.69) is 21.2 Å². The fourth-order valence-corrected chi connectivity index (χ4v) is 2.13. The zero-order valence-electron chi connectivity index (χ0n) is 12.7. The molecular weight excluding hydrogens is 362 g/mol. The average Bonchev–Trinajstić information content (AvgIpc) is 2.51. The number of ether oxygens (including phenoxy) is 1. The molecule has 23 heavy (non-hydrogen) atoms. The van der Waals surface area contributed by atoms with Gasteiger partial charge in [0.05, 0.1) is 0 Å². The van der Waals surface area contributed by atoms with Crippen LogP contribution >= 0.6 is 15.9 Å². The summed E-state index contributed by atoms with van der Waals surface area (Å²) in [6.45, 7) is 3.26. The average molecular weight is 378 g/mol. The Morgan fingerprint density at radius 1 is 1.17 bits per heavy atom. The second-order valence-electron chi connectivity index (χ2n) is 5.06. The molecule has 0 saturated heterocycles. The molecule has 0 aliphatic rings. The van der Waals surface area contributed by atoms with Gasteiger partial charge in [-0.05, 0) is 50.2 Å². The lowest BCUT2D eigenvalue weighted by atomic mass is 10.1. The zero-order chi connectivity index (χ0) is 17.0. The number of esters is 1. The molecule has 2 N–H and O–H groups in total. The van der Waals surface area contributed by atoms with Crippen LogP contribution in [0.25, 0.3) is 0 Å². The molecule has 1 atom stereocenters. The monoisotopic (exact) mass is 377 g/mol. The van der Waals surface area contributed by atoms with E-state index in [9.17, 15) is 14.7 Å². The van der Waals surface area contributed by atoms with Crippen molar-refractivity contribution in [3.8, 4) is 5.75 Å². The third kappa shape index (κ3) is 4.56. The molecule has 2 rings (SSSR count). The number of aromatic hydroxyl groups is 1. The second-order valence-corrected chi connectivity index (χ2v) is 5.98. The Morgan fingerprint density at radius 2 is 1.83 bits per heavy atom. The van der Waals surface area contributed by atoms with E-state index in [-0.39, 0.29) is 11.3 Å². The molecule has 0 radical (unpaired) electrons. The molecule has 0 saturated carbocycles. The van der Waals surface area contributed by atoms with Crippen molar-refractivity contribution in [3.63, 3.8) is 0 Å². The number of amides is 1. The Bertz CT molecular complexity index is 728. The molecule has 1 amide bonds. The molecule has 1 unspecified atom stereocenters. The van der Waals surface area contributed by atoms with Crippen LogP contribution in [0.5, 0.6) is 5.75 Å². The van der Waals surface area contributed by atoms with Crippen molar-refractivity contribution in [1.29, 1.82) is 0 Å². The summed E-state index contributed by atoms with van der Waals surface area (Å²) < 4.78 is 6.00. The number of carbonyl (C=O) groups excluding carboxylic acids is 2. The van der Waals surface area contributed by atoms with Crippen LogP contribution in [-0.4, -0.2) is 23.1 Å². The third-order valence-electron chi connectivity index (χ3n) is 3.14. The third-order valence-corrected chi connectivity index (χ3v) is 3.67. The van der Waals surface area contributed by atoms with Gasteiger partial charge in [0.1, 0.15) is 11.3 Å². The number of aryl methyl sites for hydroxylation is 1. The van der Waals surface area contributed by atoms with Crippen LogP contribution in [0, 0.1) is 6.92 Å². The SMILES string of the molecule is Cc1ccc(O)c(C(=O)OC(C)C(=O)Nc2ccc(Br)cc2)c1. The van der Waals surface area contributed by atoms with Crippen molar-refractivity contribution in [1.82, 2.24) is 0 Å². The van der Waals surface area contributed by atoms with Crippen molar-refractivity contribution >= 4 is 33.5 Å². The first-order valence-electron chi connectivity index (χ1n) is 6.94. The lowest BCUT2D eigenvalue weighted by Gasteiger charge is -2.14. The van der Waals surface area contributed by atoms with Gasteiger partial charge in [0.2, 0.25) is 0 Å². The van der Waals surface area contributed by atoms with E-state index in [0.29, 0.717) is 5.69 Å². The summed E-state index contributed by atoms with van der Waals surface area (Å²) in [7, 11) is 0. The lowest BCUT2D eigenvalue weighted by Crippen LogP contribution is -2.30. The van der Waals surface area contributed by atoms with Gasteiger partial charge in [-0.3, -0.25) is 4.79 Å². The van der Waals surface area contributed by atoms with Gasteiger partial charge < -0.3 is 15.2 Å². The predicted molar refractivity (Wildman–Crippen MR) is 90.5 cm³/mol. The largest absolute Gasteiger partial charge is 0.507 e. The van der Waals surface area contributed by atoms with Crippen molar-refractivity contribution in [2.24, 2.45) is 0 Å². The minimum Gasteiger partial charge on any atom is -0.507 e. The number of nitrogens with one attached hydrogen (secondary N) is 1. The van der Waals surface area contributed by atoms with Crippen LogP contribution in [0.4, 0.5) is 5.69 Å². The van der Waals surface area contributed by atoms with Gasteiger partial charge in [0.15, 0.2) is 6.10 Å². The number of benzene rings is 2. The van der Waals surface area contributed by atoms with Gasteiger partial charge in [-0.1, -0.05) is 27.6 Å². The fraction of sp³-hybridized carbons (Fsp3) is 0.176. The van der Waals surface area contributed by atoms with Crippen molar-refractivity contribution in [2.75, 3.05) is 5.32 Å². The number of anilines is 1. The van der Waals surface area contributed by atoms with Crippen LogP contribution in [0.1, 0.15) is 22.8 Å². The molecule has 0 aromatic heterocycles. The Kier molecular flexibility index (Phi) is 5.39. The highest BCUT2D eigenvalue weighted by atomic mass is 79.9. The first kappa shape index (κ1) is 17.0. The van der Waals surface area contributed by atoms with Gasteiger partial charge in [0, 0.05) is 10.2 Å². The van der Waals surface area contributed by atoms with E-state index >= 15 is 0 Å². The first-order chi connectivity index (χ1) is 10.9. The quantitative estimate of drug-likeness (QED) is 0.797. The van der Waals surface area contributed by atoms with Crippen molar-refractivity contribution < 1.29 is 19.4 Å². The van der Waals surface area contributed by atoms with Gasteiger partial charge in [-0.25, -0.2) is 4.79 Å². The standard InChI is InChI=1S/C17H16BrNO4/c1-10-3-8-15(20)14(9-10)17(22)23-11(2)16(21)19-13-6-4-12(18)5-7-13/h3-9,11,20H,1-2H3,(H,19,21). The number of halogens is 1. The maximum Gasteiger partial charge on any atom is 0.342 e. The molecule has 2 aromatic carbocycles. The molecule has 5 nitrogen and oxygen atoms in total. The molecule has 0 heterocycles. The van der Waals surface area contributed by atoms with E-state index in [0.717, 1.165) is 10.0 Å². The molecule has 2 aromatic rings. The zero-order valence-corrected chi connectivity index (χ0v) is 14.3. The number of phenols is 1. The molecule has 0 bridgehead atoms. The smallest absolute Gasteiger partial charge is 0.342 e. The minimum atomic E-state index is -0.994. The van der Waals surface area contributed by atoms with E-state index in [4.69, 9.17) is 4.74 Å². The molecule has 120 valence electrons. The number of hydrogen-bond donors (Lipinski definition) is 2. The summed E-state index contributed by atoms with van der Waals surface area (Å²) in [4.78, 5) is 24.1. The Labute approximate surface area is 142 Å². The van der Waals surface area contributed by atoms with Gasteiger partial charge in [-0.2, -0.15) is 0 Å². The summed E-state index contributed by atoms with van der Waals surface area (Å²) in [5, 5.41) is 12.4. The number of carbonyl (C=O) groups is 2. The lowest BCUT2D eigenvalue weighted by molar-refractivity contribution is -0.123. The topological polar surface area (TPSA) is 75.6 Å². The summed E-state index contributed by atoms with van der Waals surface area (Å²) in [5.74, 6) is -1.38. The summed E-state index contributed by atoms with van der Waals surface area (Å²) in [5.41, 5.74) is 1.44. The Balaban J connectivity index is 2.01. The molecule has 0 fully saturated rings. The molecular formula is C17H16BrNO4. The molecule has 0 spiro atoms. The highest BCUT2D eigenvalue weighted by Crippen LogP contribution is 2.20. The van der Waals surface area contributed by atoms with Gasteiger partial charge in [0.25, 0.3) is 5.91 Å². The van der Waals surface area contributed by atoms with E-state index in [1.54, 1.807) is 37.3 Å². The van der Waals surface area contributed by atoms with Gasteiger partial charge >= 0.3 is 5.97 Å². The van der Waals surface area contributed by atoms with Crippen LogP contribution in [0.3, 0.4) is 0 Å². The van der Waals surface area contributed by atoms with E-state index < -0.39 is 18.0 Å². The Hall–Kier alpha value is -2.34. The summed E-state index contributed by atoms with van der Waals surface area (Å²) in [6.07, 6.45) is -0.994. The minimum absolute atomic E-state index is 0.0355. The Morgan fingerprint density at radius 3 is 2.48 bits per heavy atom. The summed E-state index contributed by atoms with van der Waals surface area (Å²) in [6, 6.07) is 11.6. The van der Waals surface area contributed by atoms with Crippen molar-refractivity contribution in [3.05, 3.63) is 58.1 Å². The van der Waals surface area contributed by atoms with Gasteiger partial charge in [-0.15, -0.1) is 0 Å². The van der Waals surface area contributed by atoms with Crippen LogP contribution in [0.2, 0.25) is 0 Å². The van der Waals surface area contributed by atoms with E-state index in [1.165, 1.54) is 19.1 Å². The first-order valence-corrected chi connectivity index (χ1v) is 7.73. The van der Waals surface area contributed by atoms with E-state index in [1.807, 2.05) is 0 Å². The van der Waals surface area contributed by atoms with Crippen molar-refractivity contribution in [2.45, 2.75) is 20.0 Å². The molecule has 0 aliphatic heterocycles. The normalized spacial score (nSPS) is 11.6. The second kappa shape index (κ2) is 7.28. The predicted octanol–water partition coefficient (Wildman–Crippen LogP) is 3.65. The number of hydrogen-bond acceptors (Lipinski definition) is 4. The molecule has 0 aliphatic carbocycles. The highest BCUT2D eigenvalue weighted by Gasteiger charge is 2.21.